The average molecular weight is 835 g/mol. The number of anilines is 2. The first-order valence-electron chi connectivity index (χ1n) is 19.9. The van der Waals surface area contributed by atoms with E-state index < -0.39 is 0 Å². The molecule has 4 heterocycles. The highest BCUT2D eigenvalue weighted by Crippen LogP contribution is 2.40. The molecule has 11 nitrogen and oxygen atoms in total. The van der Waals surface area contributed by atoms with Gasteiger partial charge in [0.05, 0.1) is 39.1 Å². The number of aromatic nitrogens is 6. The largest absolute Gasteiger partial charge is 0.475 e. The molecular weight excluding hydrogens is 793 g/mol. The minimum Gasteiger partial charge on any atom is -0.475 e. The van der Waals surface area contributed by atoms with E-state index in [4.69, 9.17) is 69.1 Å². The summed E-state index contributed by atoms with van der Waals surface area (Å²) in [5.41, 5.74) is 21.6. The molecule has 0 amide bonds. The third-order valence-electron chi connectivity index (χ3n) is 10.7. The van der Waals surface area contributed by atoms with Crippen LogP contribution in [-0.4, -0.2) is 61.2 Å². The summed E-state index contributed by atoms with van der Waals surface area (Å²) < 4.78 is 12.2. The summed E-state index contributed by atoms with van der Waals surface area (Å²) in [5.74, 6) is 1.49. The van der Waals surface area contributed by atoms with Crippen molar-refractivity contribution in [1.82, 2.24) is 34.8 Å². The van der Waals surface area contributed by atoms with Crippen molar-refractivity contribution < 1.29 is 9.47 Å². The normalized spacial score (nSPS) is 12.7. The van der Waals surface area contributed by atoms with E-state index in [0.29, 0.717) is 69.0 Å². The van der Waals surface area contributed by atoms with Gasteiger partial charge >= 0.3 is 0 Å². The number of hydrogen-bond donors (Lipinski definition) is 2. The minimum absolute atomic E-state index is 0.177. The lowest BCUT2D eigenvalue weighted by Crippen LogP contribution is -2.28. The van der Waals surface area contributed by atoms with Gasteiger partial charge in [-0.15, -0.1) is 0 Å². The SMILES string of the molecule is CCN(CC)COc1nc(-c2cc(Cl)c3ncccc3c2)c(-c2cccc(-c3cnc4c(Cl)cc(-c5nc(OCC6CC6)c(N)nc5-c5ccccc5)cc4c3)c2)nc1N. The molecule has 0 saturated heterocycles. The molecule has 1 saturated carbocycles. The first-order valence-corrected chi connectivity index (χ1v) is 20.6. The molecule has 13 heteroatoms. The third-order valence-corrected chi connectivity index (χ3v) is 11.2. The number of benzene rings is 4. The molecule has 4 aromatic heterocycles. The van der Waals surface area contributed by atoms with Crippen LogP contribution in [0.15, 0.2) is 109 Å². The van der Waals surface area contributed by atoms with Crippen molar-refractivity contribution in [2.24, 2.45) is 5.92 Å². The molecule has 300 valence electrons. The van der Waals surface area contributed by atoms with Crippen molar-refractivity contribution in [3.8, 4) is 67.9 Å². The molecule has 0 unspecified atom stereocenters. The highest BCUT2D eigenvalue weighted by atomic mass is 35.5. The number of pyridine rings is 2. The van der Waals surface area contributed by atoms with Gasteiger partial charge in [0.1, 0.15) is 18.1 Å². The Kier molecular flexibility index (Phi) is 10.9. The topological polar surface area (TPSA) is 151 Å². The van der Waals surface area contributed by atoms with Crippen LogP contribution in [-0.2, 0) is 0 Å². The molecule has 9 rings (SSSR count). The van der Waals surface area contributed by atoms with Gasteiger partial charge in [-0.25, -0.2) is 19.9 Å². The predicted molar refractivity (Wildman–Crippen MR) is 241 cm³/mol. The molecule has 1 aliphatic carbocycles. The second-order valence-electron chi connectivity index (χ2n) is 14.8. The van der Waals surface area contributed by atoms with Gasteiger partial charge in [-0.3, -0.25) is 14.9 Å². The van der Waals surface area contributed by atoms with Crippen LogP contribution in [0.3, 0.4) is 0 Å². The van der Waals surface area contributed by atoms with E-state index in [0.717, 1.165) is 70.1 Å². The highest BCUT2D eigenvalue weighted by Gasteiger charge is 2.25. The Bertz CT molecular complexity index is 2890. The monoisotopic (exact) mass is 833 g/mol. The Balaban J connectivity index is 1.13. The van der Waals surface area contributed by atoms with E-state index in [1.165, 1.54) is 0 Å². The average Bonchev–Trinajstić information content (AvgIpc) is 4.11. The van der Waals surface area contributed by atoms with Crippen LogP contribution in [0.1, 0.15) is 26.7 Å². The van der Waals surface area contributed by atoms with Gasteiger partial charge in [0.15, 0.2) is 11.6 Å². The van der Waals surface area contributed by atoms with Crippen LogP contribution in [0.2, 0.25) is 10.0 Å². The predicted octanol–water partition coefficient (Wildman–Crippen LogP) is 10.6. The van der Waals surface area contributed by atoms with E-state index in [-0.39, 0.29) is 17.5 Å². The number of hydrogen-bond acceptors (Lipinski definition) is 11. The van der Waals surface area contributed by atoms with Crippen molar-refractivity contribution in [1.29, 1.82) is 0 Å². The Morgan fingerprint density at radius 1 is 0.583 bits per heavy atom. The zero-order valence-corrected chi connectivity index (χ0v) is 34.6. The molecule has 1 fully saturated rings. The summed E-state index contributed by atoms with van der Waals surface area (Å²) in [6, 6.07) is 31.5. The van der Waals surface area contributed by atoms with E-state index in [9.17, 15) is 0 Å². The van der Waals surface area contributed by atoms with Gasteiger partial charge in [0.2, 0.25) is 0 Å². The second kappa shape index (κ2) is 16.7. The van der Waals surface area contributed by atoms with Crippen LogP contribution < -0.4 is 20.9 Å². The summed E-state index contributed by atoms with van der Waals surface area (Å²) in [7, 11) is 0. The van der Waals surface area contributed by atoms with Gasteiger partial charge in [-0.2, -0.15) is 0 Å². The van der Waals surface area contributed by atoms with Crippen LogP contribution in [0.5, 0.6) is 11.8 Å². The van der Waals surface area contributed by atoms with E-state index in [1.54, 1.807) is 6.20 Å². The summed E-state index contributed by atoms with van der Waals surface area (Å²) in [6.45, 7) is 6.64. The Morgan fingerprint density at radius 2 is 1.17 bits per heavy atom. The van der Waals surface area contributed by atoms with Crippen molar-refractivity contribution >= 4 is 56.6 Å². The van der Waals surface area contributed by atoms with Crippen molar-refractivity contribution in [2.75, 3.05) is 37.9 Å². The Morgan fingerprint density at radius 3 is 1.85 bits per heavy atom. The molecule has 0 aliphatic heterocycles. The maximum Gasteiger partial charge on any atom is 0.259 e. The first kappa shape index (κ1) is 39.1. The molecule has 0 bridgehead atoms. The molecule has 0 radical (unpaired) electrons. The van der Waals surface area contributed by atoms with Gasteiger partial charge in [0.25, 0.3) is 11.8 Å². The molecule has 4 N–H and O–H groups in total. The maximum absolute atomic E-state index is 6.98. The molecule has 1 aliphatic rings. The fourth-order valence-corrected chi connectivity index (χ4v) is 7.70. The zero-order chi connectivity index (χ0) is 41.3. The number of fused-ring (bicyclic) bond motifs is 2. The fraction of sp³-hybridized carbons (Fsp3) is 0.191. The van der Waals surface area contributed by atoms with Crippen LogP contribution in [0, 0.1) is 5.92 Å². The number of nitrogen functional groups attached to an aromatic ring is 2. The lowest BCUT2D eigenvalue weighted by Gasteiger charge is -2.20. The molecular formula is C47H41Cl2N9O2. The molecule has 4 aromatic carbocycles. The van der Waals surface area contributed by atoms with Crippen molar-refractivity contribution in [2.45, 2.75) is 26.7 Å². The van der Waals surface area contributed by atoms with Gasteiger partial charge < -0.3 is 20.9 Å². The summed E-state index contributed by atoms with van der Waals surface area (Å²) in [4.78, 5) is 31.1. The first-order chi connectivity index (χ1) is 29.3. The second-order valence-corrected chi connectivity index (χ2v) is 15.6. The Labute approximate surface area is 357 Å². The minimum atomic E-state index is 0.177. The maximum atomic E-state index is 6.98. The fourth-order valence-electron chi connectivity index (χ4n) is 7.15. The highest BCUT2D eigenvalue weighted by molar-refractivity contribution is 6.36. The van der Waals surface area contributed by atoms with E-state index >= 15 is 0 Å². The number of nitrogens with two attached hydrogens (primary N) is 2. The lowest BCUT2D eigenvalue weighted by atomic mass is 9.97. The quantitative estimate of drug-likeness (QED) is 0.107. The van der Waals surface area contributed by atoms with Crippen molar-refractivity contribution in [3.05, 3.63) is 120 Å². The summed E-state index contributed by atoms with van der Waals surface area (Å²) in [6.07, 6.45) is 5.81. The molecule has 0 atom stereocenters. The standard InChI is InChI=1S/C47H41Cl2N9O2/c1-3-58(4-2)26-60-47-45(51)55-41(43(57-47)33-19-30-14-9-17-52-38(30)36(48)22-33)31-13-8-12-29(18-31)35-21-32-20-34(23-37(49)39(32)53-24-35)42-40(28-10-6-5-7-11-28)54-44(50)46(56-42)59-25-27-15-16-27/h5-14,17-24,27H,3-4,15-16,25-26H2,1-2H3,(H2,50,54)(H2,51,55). The smallest absolute Gasteiger partial charge is 0.259 e. The molecule has 0 spiro atoms. The van der Waals surface area contributed by atoms with Gasteiger partial charge in [-0.05, 0) is 79.9 Å². The number of rotatable bonds is 13. The molecule has 60 heavy (non-hydrogen) atoms. The number of halogens is 2. The van der Waals surface area contributed by atoms with Crippen LogP contribution in [0.4, 0.5) is 11.6 Å². The van der Waals surface area contributed by atoms with E-state index in [1.807, 2.05) is 97.2 Å². The number of ether oxygens (including phenoxy) is 2. The van der Waals surface area contributed by atoms with Crippen LogP contribution in [0.25, 0.3) is 78.0 Å². The zero-order valence-electron chi connectivity index (χ0n) is 33.1. The third kappa shape index (κ3) is 7.99. The van der Waals surface area contributed by atoms with Gasteiger partial charge in [-0.1, -0.05) is 91.6 Å². The van der Waals surface area contributed by atoms with Gasteiger partial charge in [0, 0.05) is 51.0 Å². The summed E-state index contributed by atoms with van der Waals surface area (Å²) in [5, 5.41) is 2.66. The van der Waals surface area contributed by atoms with Crippen molar-refractivity contribution in [3.63, 3.8) is 0 Å². The lowest BCUT2D eigenvalue weighted by molar-refractivity contribution is 0.133. The number of nitrogens with zero attached hydrogens (tertiary/aromatic N) is 7. The summed E-state index contributed by atoms with van der Waals surface area (Å²) >= 11 is 13.8. The van der Waals surface area contributed by atoms with E-state index in [2.05, 4.69) is 29.8 Å². The van der Waals surface area contributed by atoms with Crippen LogP contribution >= 0.6 is 23.2 Å². The Hall–Kier alpha value is -6.40. The molecule has 8 aromatic rings.